The smallest absolute Gasteiger partial charge is 0.337 e. The fourth-order valence-corrected chi connectivity index (χ4v) is 2.41. The van der Waals surface area contributed by atoms with Crippen LogP contribution in [0.2, 0.25) is 0 Å². The number of nitrogens with one attached hydrogen (secondary N) is 1. The van der Waals surface area contributed by atoms with Crippen LogP contribution in [0, 0.1) is 6.92 Å². The number of nitrogens with zero attached hydrogens (tertiary/aromatic N) is 3. The lowest BCUT2D eigenvalue weighted by molar-refractivity contribution is 0.0600. The Hall–Kier alpha value is -2.63. The number of rotatable bonds is 2. The van der Waals surface area contributed by atoms with Crippen molar-refractivity contribution in [3.63, 3.8) is 0 Å². The summed E-state index contributed by atoms with van der Waals surface area (Å²) in [5, 5.41) is 4.54. The second kappa shape index (κ2) is 5.22. The molecule has 2 aromatic heterocycles. The van der Waals surface area contributed by atoms with Gasteiger partial charge in [0.2, 0.25) is 0 Å². The summed E-state index contributed by atoms with van der Waals surface area (Å²) in [7, 11) is 1.37. The van der Waals surface area contributed by atoms with Gasteiger partial charge in [-0.1, -0.05) is 20.8 Å². The van der Waals surface area contributed by atoms with Gasteiger partial charge < -0.3 is 9.72 Å². The fourth-order valence-electron chi connectivity index (χ4n) is 2.41. The molecule has 0 saturated heterocycles. The summed E-state index contributed by atoms with van der Waals surface area (Å²) < 4.78 is 6.51. The number of aromatic nitrogens is 4. The third-order valence-electron chi connectivity index (χ3n) is 3.74. The largest absolute Gasteiger partial charge is 0.465 e. The molecule has 0 aliphatic heterocycles. The number of H-pyrrole nitrogens is 1. The van der Waals surface area contributed by atoms with E-state index in [2.05, 4.69) is 30.9 Å². The van der Waals surface area contributed by atoms with Crippen LogP contribution in [0.25, 0.3) is 16.9 Å². The molecule has 0 unspecified atom stereocenters. The van der Waals surface area contributed by atoms with Crippen LogP contribution in [-0.4, -0.2) is 32.8 Å². The third-order valence-corrected chi connectivity index (χ3v) is 3.74. The van der Waals surface area contributed by atoms with E-state index < -0.39 is 0 Å². The van der Waals surface area contributed by atoms with Gasteiger partial charge in [0.05, 0.1) is 24.1 Å². The normalized spacial score (nSPS) is 11.9. The molecule has 0 aliphatic carbocycles. The highest BCUT2D eigenvalue weighted by molar-refractivity contribution is 5.89. The Kier molecular flexibility index (Phi) is 3.47. The summed E-state index contributed by atoms with van der Waals surface area (Å²) in [5.74, 6) is 0.570. The maximum absolute atomic E-state index is 11.5. The van der Waals surface area contributed by atoms with Gasteiger partial charge in [0.15, 0.2) is 5.65 Å². The predicted octanol–water partition coefficient (Wildman–Crippen LogP) is 3.14. The van der Waals surface area contributed by atoms with Gasteiger partial charge >= 0.3 is 5.97 Å². The Balaban J connectivity index is 2.09. The van der Waals surface area contributed by atoms with Crippen molar-refractivity contribution in [1.29, 1.82) is 0 Å². The van der Waals surface area contributed by atoms with Gasteiger partial charge in [0.25, 0.3) is 0 Å². The van der Waals surface area contributed by atoms with E-state index in [1.807, 2.05) is 19.1 Å². The lowest BCUT2D eigenvalue weighted by Crippen LogP contribution is -2.13. The van der Waals surface area contributed by atoms with Crippen LogP contribution in [0.15, 0.2) is 24.3 Å². The Morgan fingerprint density at radius 3 is 2.43 bits per heavy atom. The van der Waals surface area contributed by atoms with Crippen LogP contribution in [0.4, 0.5) is 0 Å². The van der Waals surface area contributed by atoms with Crippen LogP contribution in [0.1, 0.15) is 42.6 Å². The highest BCUT2D eigenvalue weighted by Crippen LogP contribution is 2.25. The molecule has 3 aromatic rings. The Morgan fingerprint density at radius 2 is 1.87 bits per heavy atom. The first-order valence-electron chi connectivity index (χ1n) is 7.46. The maximum Gasteiger partial charge on any atom is 0.337 e. The van der Waals surface area contributed by atoms with Crippen LogP contribution < -0.4 is 0 Å². The van der Waals surface area contributed by atoms with Crippen molar-refractivity contribution in [1.82, 2.24) is 19.7 Å². The Labute approximate surface area is 134 Å². The van der Waals surface area contributed by atoms with Crippen molar-refractivity contribution < 1.29 is 9.53 Å². The molecule has 120 valence electrons. The lowest BCUT2D eigenvalue weighted by Gasteiger charge is -2.14. The number of benzene rings is 1. The zero-order chi connectivity index (χ0) is 16.8. The lowest BCUT2D eigenvalue weighted by atomic mass is 9.96. The van der Waals surface area contributed by atoms with E-state index in [1.54, 1.807) is 16.8 Å². The minimum atomic E-state index is -0.354. The first-order valence-corrected chi connectivity index (χ1v) is 7.46. The van der Waals surface area contributed by atoms with Crippen LogP contribution in [0.3, 0.4) is 0 Å². The molecule has 0 amide bonds. The molecule has 0 saturated carbocycles. The zero-order valence-corrected chi connectivity index (χ0v) is 14.0. The first kappa shape index (κ1) is 15.3. The van der Waals surface area contributed by atoms with E-state index in [9.17, 15) is 4.79 Å². The summed E-state index contributed by atoms with van der Waals surface area (Å²) in [6, 6.07) is 7.12. The van der Waals surface area contributed by atoms with Gasteiger partial charge in [-0.3, -0.25) is 0 Å². The SMILES string of the molecule is COC(=O)c1ccc(-n2nc(C)c3[nH]c(C(C)(C)C)nc32)cc1. The third kappa shape index (κ3) is 2.60. The van der Waals surface area contributed by atoms with Gasteiger partial charge in [0.1, 0.15) is 11.3 Å². The second-order valence-corrected chi connectivity index (χ2v) is 6.57. The van der Waals surface area contributed by atoms with Crippen LogP contribution >= 0.6 is 0 Å². The second-order valence-electron chi connectivity index (χ2n) is 6.57. The number of ether oxygens (including phenoxy) is 1. The van der Waals surface area contributed by atoms with E-state index in [0.29, 0.717) is 5.56 Å². The number of hydrogen-bond acceptors (Lipinski definition) is 4. The molecule has 3 rings (SSSR count). The summed E-state index contributed by atoms with van der Waals surface area (Å²) >= 11 is 0. The molecule has 0 aliphatic rings. The molecule has 0 fully saturated rings. The fraction of sp³-hybridized carbons (Fsp3) is 0.353. The molecule has 2 heterocycles. The summed E-state index contributed by atoms with van der Waals surface area (Å²) in [5.41, 5.74) is 3.91. The minimum absolute atomic E-state index is 0.0645. The van der Waals surface area contributed by atoms with Gasteiger partial charge in [-0.05, 0) is 31.2 Å². The molecule has 0 atom stereocenters. The molecule has 0 radical (unpaired) electrons. The number of carbonyl (C=O) groups is 1. The molecular weight excluding hydrogens is 292 g/mol. The Bertz CT molecular complexity index is 867. The van der Waals surface area contributed by atoms with Gasteiger partial charge in [-0.2, -0.15) is 5.10 Å². The molecule has 0 spiro atoms. The maximum atomic E-state index is 11.5. The topological polar surface area (TPSA) is 72.8 Å². The molecule has 6 heteroatoms. The highest BCUT2D eigenvalue weighted by atomic mass is 16.5. The quantitative estimate of drug-likeness (QED) is 0.738. The highest BCUT2D eigenvalue weighted by Gasteiger charge is 2.22. The summed E-state index contributed by atoms with van der Waals surface area (Å²) in [6.07, 6.45) is 0. The standard InChI is InChI=1S/C17H20N4O2/c1-10-13-14(19-16(18-13)17(2,3)4)21(20-10)12-8-6-11(7-9-12)15(22)23-5/h6-9H,1-5H3,(H,18,19). The molecule has 1 aromatic carbocycles. The van der Waals surface area contributed by atoms with E-state index in [0.717, 1.165) is 28.4 Å². The monoisotopic (exact) mass is 312 g/mol. The van der Waals surface area contributed by atoms with Gasteiger partial charge in [0, 0.05) is 5.41 Å². The molecule has 0 bridgehead atoms. The van der Waals surface area contributed by atoms with Crippen molar-refractivity contribution >= 4 is 17.1 Å². The number of carbonyl (C=O) groups excluding carboxylic acids is 1. The molecule has 6 nitrogen and oxygen atoms in total. The molecule has 23 heavy (non-hydrogen) atoms. The van der Waals surface area contributed by atoms with E-state index >= 15 is 0 Å². The first-order chi connectivity index (χ1) is 10.8. The predicted molar refractivity (Wildman–Crippen MR) is 88.0 cm³/mol. The minimum Gasteiger partial charge on any atom is -0.465 e. The van der Waals surface area contributed by atoms with E-state index in [-0.39, 0.29) is 11.4 Å². The van der Waals surface area contributed by atoms with Crippen molar-refractivity contribution in [2.24, 2.45) is 0 Å². The van der Waals surface area contributed by atoms with Gasteiger partial charge in [-0.15, -0.1) is 0 Å². The van der Waals surface area contributed by atoms with Crippen molar-refractivity contribution in [2.75, 3.05) is 7.11 Å². The van der Waals surface area contributed by atoms with E-state index in [4.69, 9.17) is 9.72 Å². The zero-order valence-electron chi connectivity index (χ0n) is 14.0. The van der Waals surface area contributed by atoms with E-state index in [1.165, 1.54) is 7.11 Å². The van der Waals surface area contributed by atoms with Crippen LogP contribution in [0.5, 0.6) is 0 Å². The molecule has 1 N–H and O–H groups in total. The van der Waals surface area contributed by atoms with Gasteiger partial charge in [-0.25, -0.2) is 14.5 Å². The summed E-state index contributed by atoms with van der Waals surface area (Å²) in [6.45, 7) is 8.29. The molecular formula is C17H20N4O2. The average molecular weight is 312 g/mol. The number of aryl methyl sites for hydroxylation is 1. The van der Waals surface area contributed by atoms with Crippen LogP contribution in [-0.2, 0) is 10.2 Å². The number of hydrogen-bond donors (Lipinski definition) is 1. The number of fused-ring (bicyclic) bond motifs is 1. The summed E-state index contributed by atoms with van der Waals surface area (Å²) in [4.78, 5) is 19.6. The average Bonchev–Trinajstić information content (AvgIpc) is 3.07. The van der Waals surface area contributed by atoms with Crippen molar-refractivity contribution in [3.05, 3.63) is 41.3 Å². The number of esters is 1. The van der Waals surface area contributed by atoms with Crippen molar-refractivity contribution in [3.8, 4) is 5.69 Å². The number of aromatic amines is 1. The number of imidazole rings is 1. The van der Waals surface area contributed by atoms with Crippen molar-refractivity contribution in [2.45, 2.75) is 33.1 Å². The number of methoxy groups -OCH3 is 1. The Morgan fingerprint density at radius 1 is 1.22 bits per heavy atom.